The summed E-state index contributed by atoms with van der Waals surface area (Å²) in [5.74, 6) is -0.262. The minimum atomic E-state index is -0.262. The second-order valence-electron chi connectivity index (χ2n) is 5.59. The molecular formula is C16H23FN2O. The number of benzene rings is 1. The third-order valence-corrected chi connectivity index (χ3v) is 3.89. The third kappa shape index (κ3) is 4.22. The summed E-state index contributed by atoms with van der Waals surface area (Å²) >= 11 is 0. The second-order valence-corrected chi connectivity index (χ2v) is 5.59. The molecule has 0 radical (unpaired) electrons. The molecule has 110 valence electrons. The van der Waals surface area contributed by atoms with Crippen LogP contribution < -0.4 is 5.32 Å². The average molecular weight is 278 g/mol. The predicted octanol–water partition coefficient (Wildman–Crippen LogP) is 3.69. The van der Waals surface area contributed by atoms with Gasteiger partial charge in [0.2, 0.25) is 0 Å². The fourth-order valence-electron chi connectivity index (χ4n) is 2.66. The number of nitrogens with zero attached hydrogens (tertiary/aromatic N) is 1. The molecule has 1 aromatic carbocycles. The number of hydrogen-bond acceptors (Lipinski definition) is 1. The van der Waals surface area contributed by atoms with Crippen LogP contribution in [0.4, 0.5) is 9.18 Å². The molecule has 1 saturated carbocycles. The van der Waals surface area contributed by atoms with Gasteiger partial charge >= 0.3 is 6.03 Å². The Morgan fingerprint density at radius 1 is 1.25 bits per heavy atom. The second kappa shape index (κ2) is 7.27. The summed E-state index contributed by atoms with van der Waals surface area (Å²) < 4.78 is 13.6. The lowest BCUT2D eigenvalue weighted by molar-refractivity contribution is 0.200. The summed E-state index contributed by atoms with van der Waals surface area (Å²) in [4.78, 5) is 13.7. The maximum absolute atomic E-state index is 13.6. The Balaban J connectivity index is 1.87. The van der Waals surface area contributed by atoms with Crippen LogP contribution in [0.3, 0.4) is 0 Å². The van der Waals surface area contributed by atoms with Gasteiger partial charge < -0.3 is 10.2 Å². The van der Waals surface area contributed by atoms with Crippen LogP contribution in [0.25, 0.3) is 0 Å². The fourth-order valence-corrected chi connectivity index (χ4v) is 2.66. The highest BCUT2D eigenvalue weighted by atomic mass is 19.1. The van der Waals surface area contributed by atoms with Crippen molar-refractivity contribution in [1.82, 2.24) is 10.2 Å². The highest BCUT2D eigenvalue weighted by Crippen LogP contribution is 2.17. The summed E-state index contributed by atoms with van der Waals surface area (Å²) in [5.41, 5.74) is 0.547. The van der Waals surface area contributed by atoms with E-state index in [2.05, 4.69) is 5.32 Å². The van der Waals surface area contributed by atoms with E-state index in [1.54, 1.807) is 30.1 Å². The molecule has 1 aromatic rings. The lowest BCUT2D eigenvalue weighted by atomic mass is 10.1. The van der Waals surface area contributed by atoms with Crippen LogP contribution in [0.15, 0.2) is 24.3 Å². The summed E-state index contributed by atoms with van der Waals surface area (Å²) in [5, 5.41) is 3.06. The van der Waals surface area contributed by atoms with Crippen LogP contribution in [0, 0.1) is 5.82 Å². The van der Waals surface area contributed by atoms with Gasteiger partial charge in [-0.3, -0.25) is 0 Å². The molecule has 0 bridgehead atoms. The van der Waals surface area contributed by atoms with Gasteiger partial charge in [0.25, 0.3) is 0 Å². The molecule has 0 aliphatic heterocycles. The molecule has 0 spiro atoms. The zero-order chi connectivity index (χ0) is 14.4. The first-order chi connectivity index (χ1) is 9.66. The molecule has 0 unspecified atom stereocenters. The number of carbonyl (C=O) groups excluding carboxylic acids is 1. The van der Waals surface area contributed by atoms with E-state index in [0.29, 0.717) is 12.1 Å². The molecule has 1 fully saturated rings. The molecule has 0 saturated heterocycles. The van der Waals surface area contributed by atoms with E-state index in [4.69, 9.17) is 0 Å². The number of urea groups is 1. The molecule has 3 nitrogen and oxygen atoms in total. The van der Waals surface area contributed by atoms with Gasteiger partial charge in [0, 0.05) is 25.2 Å². The summed E-state index contributed by atoms with van der Waals surface area (Å²) in [6, 6.07) is 6.74. The van der Waals surface area contributed by atoms with Crippen molar-refractivity contribution < 1.29 is 9.18 Å². The molecule has 4 heteroatoms. The first kappa shape index (κ1) is 14.8. The van der Waals surface area contributed by atoms with Crippen LogP contribution in [0.2, 0.25) is 0 Å². The third-order valence-electron chi connectivity index (χ3n) is 3.89. The minimum Gasteiger partial charge on any atom is -0.335 e. The van der Waals surface area contributed by atoms with Gasteiger partial charge in [-0.25, -0.2) is 9.18 Å². The van der Waals surface area contributed by atoms with Gasteiger partial charge in [-0.2, -0.15) is 0 Å². The van der Waals surface area contributed by atoms with Gasteiger partial charge in [0.1, 0.15) is 5.82 Å². The van der Waals surface area contributed by atoms with Crippen LogP contribution in [-0.4, -0.2) is 24.0 Å². The van der Waals surface area contributed by atoms with Crippen LogP contribution in [-0.2, 0) is 6.54 Å². The number of carbonyl (C=O) groups is 1. The van der Waals surface area contributed by atoms with E-state index < -0.39 is 0 Å². The van der Waals surface area contributed by atoms with Crippen LogP contribution in [0.5, 0.6) is 0 Å². The summed E-state index contributed by atoms with van der Waals surface area (Å²) in [6.07, 6.45) is 7.00. The molecule has 0 heterocycles. The molecule has 2 rings (SSSR count). The zero-order valence-electron chi connectivity index (χ0n) is 12.1. The maximum Gasteiger partial charge on any atom is 0.317 e. The van der Waals surface area contributed by atoms with Crippen molar-refractivity contribution in [2.75, 3.05) is 7.05 Å². The predicted molar refractivity (Wildman–Crippen MR) is 77.9 cm³/mol. The number of nitrogens with one attached hydrogen (secondary N) is 1. The quantitative estimate of drug-likeness (QED) is 0.840. The van der Waals surface area contributed by atoms with Crippen LogP contribution >= 0.6 is 0 Å². The Morgan fingerprint density at radius 2 is 1.90 bits per heavy atom. The van der Waals surface area contributed by atoms with Crippen molar-refractivity contribution >= 4 is 6.03 Å². The highest BCUT2D eigenvalue weighted by molar-refractivity contribution is 5.74. The number of amides is 2. The monoisotopic (exact) mass is 278 g/mol. The molecule has 0 atom stereocenters. The van der Waals surface area contributed by atoms with Crippen LogP contribution in [0.1, 0.15) is 44.1 Å². The van der Waals surface area contributed by atoms with E-state index in [0.717, 1.165) is 12.8 Å². The topological polar surface area (TPSA) is 32.3 Å². The largest absolute Gasteiger partial charge is 0.335 e. The van der Waals surface area contributed by atoms with E-state index >= 15 is 0 Å². The van der Waals surface area contributed by atoms with Crippen molar-refractivity contribution in [1.29, 1.82) is 0 Å². The van der Waals surface area contributed by atoms with Crippen molar-refractivity contribution in [2.24, 2.45) is 0 Å². The number of hydrogen-bond donors (Lipinski definition) is 1. The van der Waals surface area contributed by atoms with Gasteiger partial charge in [-0.05, 0) is 18.9 Å². The van der Waals surface area contributed by atoms with Crippen molar-refractivity contribution in [3.8, 4) is 0 Å². The van der Waals surface area contributed by atoms with Gasteiger partial charge in [0.05, 0.1) is 0 Å². The van der Waals surface area contributed by atoms with Crippen molar-refractivity contribution in [2.45, 2.75) is 51.1 Å². The Bertz CT molecular complexity index is 442. The molecule has 2 amide bonds. The Morgan fingerprint density at radius 3 is 2.55 bits per heavy atom. The molecule has 1 aliphatic rings. The molecule has 0 aromatic heterocycles. The number of rotatable bonds is 3. The standard InChI is InChI=1S/C16H23FN2O/c1-19(12-13-8-6-7-11-15(13)17)16(20)18-14-9-4-2-3-5-10-14/h6-8,11,14H,2-5,9-10,12H2,1H3,(H,18,20). The number of halogens is 1. The first-order valence-electron chi connectivity index (χ1n) is 7.42. The fraction of sp³-hybridized carbons (Fsp3) is 0.562. The molecule has 1 N–H and O–H groups in total. The Kier molecular flexibility index (Phi) is 5.39. The molecule has 1 aliphatic carbocycles. The van der Waals surface area contributed by atoms with Crippen molar-refractivity contribution in [3.05, 3.63) is 35.6 Å². The van der Waals surface area contributed by atoms with E-state index in [1.807, 2.05) is 0 Å². The smallest absolute Gasteiger partial charge is 0.317 e. The summed E-state index contributed by atoms with van der Waals surface area (Å²) in [7, 11) is 1.71. The maximum atomic E-state index is 13.6. The molecular weight excluding hydrogens is 255 g/mol. The zero-order valence-corrected chi connectivity index (χ0v) is 12.1. The van der Waals surface area contributed by atoms with E-state index in [1.165, 1.54) is 31.7 Å². The summed E-state index contributed by atoms with van der Waals surface area (Å²) in [6.45, 7) is 0.297. The normalized spacial score (nSPS) is 16.5. The lowest BCUT2D eigenvalue weighted by Gasteiger charge is -2.23. The van der Waals surface area contributed by atoms with E-state index in [9.17, 15) is 9.18 Å². The van der Waals surface area contributed by atoms with Gasteiger partial charge in [0.15, 0.2) is 0 Å². The average Bonchev–Trinajstić information content (AvgIpc) is 2.70. The SMILES string of the molecule is CN(Cc1ccccc1F)C(=O)NC1CCCCCC1. The Labute approximate surface area is 120 Å². The highest BCUT2D eigenvalue weighted by Gasteiger charge is 2.17. The van der Waals surface area contributed by atoms with E-state index in [-0.39, 0.29) is 17.9 Å². The molecule has 20 heavy (non-hydrogen) atoms. The van der Waals surface area contributed by atoms with Gasteiger partial charge in [-0.1, -0.05) is 43.9 Å². The lowest BCUT2D eigenvalue weighted by Crippen LogP contribution is -2.42. The van der Waals surface area contributed by atoms with Crippen molar-refractivity contribution in [3.63, 3.8) is 0 Å². The minimum absolute atomic E-state index is 0.111. The Hall–Kier alpha value is -1.58. The van der Waals surface area contributed by atoms with Gasteiger partial charge in [-0.15, -0.1) is 0 Å². The first-order valence-corrected chi connectivity index (χ1v) is 7.42.